The van der Waals surface area contributed by atoms with Gasteiger partial charge in [-0.05, 0) is 105 Å². The molecule has 0 radical (unpaired) electrons. The molecular weight excluding hydrogens is 865 g/mol. The van der Waals surface area contributed by atoms with Crippen LogP contribution in [0.4, 0.5) is 27.8 Å². The molecule has 2 aromatic carbocycles. The third-order valence-electron chi connectivity index (χ3n) is 11.8. The zero-order chi connectivity index (χ0) is 45.3. The zero-order valence-corrected chi connectivity index (χ0v) is 37.8. The molecule has 0 unspecified atom stereocenters. The Labute approximate surface area is 400 Å². The van der Waals surface area contributed by atoms with Crippen LogP contribution >= 0.6 is 0 Å². The number of hydrogen-bond acceptors (Lipinski definition) is 15. The van der Waals surface area contributed by atoms with Crippen molar-refractivity contribution >= 4 is 40.1 Å². The van der Waals surface area contributed by atoms with Gasteiger partial charge in [0.2, 0.25) is 0 Å². The highest BCUT2D eigenvalue weighted by Crippen LogP contribution is 2.27. The quantitative estimate of drug-likeness (QED) is 0.0959. The number of urea groups is 1. The van der Waals surface area contributed by atoms with Crippen LogP contribution in [-0.4, -0.2) is 176 Å². The van der Waals surface area contributed by atoms with Gasteiger partial charge in [-0.2, -0.15) is 0 Å². The highest BCUT2D eigenvalue weighted by molar-refractivity contribution is 5.89. The van der Waals surface area contributed by atoms with Crippen molar-refractivity contribution in [2.75, 3.05) is 152 Å². The first-order chi connectivity index (χ1) is 32.5. The molecule has 4 aliphatic heterocycles. The number of carbonyl (C=O) groups is 1. The molecule has 6 N–H and O–H groups in total. The Bertz CT molecular complexity index is 2390. The first-order valence-electron chi connectivity index (χ1n) is 23.2. The smallest absolute Gasteiger partial charge is 0.319 e. The first kappa shape index (κ1) is 51.5. The predicted molar refractivity (Wildman–Crippen MR) is 271 cm³/mol. The van der Waals surface area contributed by atoms with Crippen molar-refractivity contribution < 1.29 is 23.7 Å². The summed E-state index contributed by atoms with van der Waals surface area (Å²) in [6.45, 7) is 17.2. The average molecular weight is 937 g/mol. The SMILES string of the molecule is C.C.NCCCN1CCOCC1.Nc1ccc(-c2nc(N3CCOCC3)c3cccn3n2)cc1.O=C(NCCCN1CCOCC1)Nc1ccc(-c2nc(N3CCOCC3)c3cccn3n2)cc1. The lowest BCUT2D eigenvalue weighted by molar-refractivity contribution is 0.0375. The largest absolute Gasteiger partial charge is 0.399 e. The number of nitrogen functional groups attached to an aromatic ring is 1. The molecule has 0 spiro atoms. The number of carbonyl (C=O) groups excluding carboxylic acids is 1. The minimum absolute atomic E-state index is 0. The number of morpholine rings is 4. The van der Waals surface area contributed by atoms with Crippen LogP contribution in [0.3, 0.4) is 0 Å². The van der Waals surface area contributed by atoms with E-state index in [1.807, 2.05) is 94.2 Å². The van der Waals surface area contributed by atoms with E-state index in [9.17, 15) is 4.79 Å². The van der Waals surface area contributed by atoms with Crippen LogP contribution < -0.4 is 31.9 Å². The number of hydrogen-bond donors (Lipinski definition) is 4. The Balaban J connectivity index is 0.000000191. The molecule has 19 heteroatoms. The van der Waals surface area contributed by atoms with Gasteiger partial charge < -0.3 is 50.8 Å². The van der Waals surface area contributed by atoms with Crippen LogP contribution in [-0.2, 0) is 18.9 Å². The van der Waals surface area contributed by atoms with Crippen LogP contribution in [0.25, 0.3) is 33.8 Å². The number of benzene rings is 2. The van der Waals surface area contributed by atoms with E-state index in [2.05, 4.69) is 40.4 Å². The summed E-state index contributed by atoms with van der Waals surface area (Å²) >= 11 is 0. The molecule has 4 fully saturated rings. The van der Waals surface area contributed by atoms with Gasteiger partial charge in [0, 0.05) is 93.8 Å². The summed E-state index contributed by atoms with van der Waals surface area (Å²) in [5.41, 5.74) is 16.5. The van der Waals surface area contributed by atoms with Crippen molar-refractivity contribution in [3.05, 3.63) is 85.2 Å². The van der Waals surface area contributed by atoms with E-state index in [4.69, 9.17) is 40.4 Å². The fourth-order valence-corrected chi connectivity index (χ4v) is 8.08. The summed E-state index contributed by atoms with van der Waals surface area (Å²) in [6, 6.07) is 23.1. The molecule has 0 atom stereocenters. The minimum atomic E-state index is -0.200. The Kier molecular flexibility index (Phi) is 20.1. The summed E-state index contributed by atoms with van der Waals surface area (Å²) in [5.74, 6) is 3.21. The molecule has 0 bridgehead atoms. The predicted octanol–water partition coefficient (Wildman–Crippen LogP) is 4.83. The van der Waals surface area contributed by atoms with Crippen molar-refractivity contribution in [3.63, 3.8) is 0 Å². The molecular formula is C49H72N14O5. The van der Waals surface area contributed by atoms with Crippen molar-refractivity contribution in [1.29, 1.82) is 0 Å². The number of nitrogens with one attached hydrogen (secondary N) is 2. The van der Waals surface area contributed by atoms with Gasteiger partial charge in [-0.1, -0.05) is 14.9 Å². The van der Waals surface area contributed by atoms with Gasteiger partial charge in [0.05, 0.1) is 52.9 Å². The number of amides is 2. The summed E-state index contributed by atoms with van der Waals surface area (Å²) in [5, 5.41) is 15.1. The standard InChI is InChI=1S/C24H31N7O3.C16H17N5O.C7H16N2O.2CH4/c32-24(25-8-2-9-29-11-15-33-16-12-29)26-20-6-4-19(5-7-20)22-27-23(30-13-17-34-18-14-30)21-3-1-10-31(21)28-22;17-13-5-3-12(4-6-13)15-18-16(20-8-10-22-11-9-20)14-2-1-7-21(14)19-15;8-2-1-3-9-4-6-10-7-5-9;;/h1,3-7,10H,2,8-9,11-18H2,(H2,25,26,32);1-7H,8-11,17H2;1-8H2;2*1H4. The van der Waals surface area contributed by atoms with E-state index in [-0.39, 0.29) is 20.9 Å². The van der Waals surface area contributed by atoms with Crippen molar-refractivity contribution in [3.8, 4) is 22.8 Å². The monoisotopic (exact) mass is 937 g/mol. The fraction of sp³-hybridized carbons (Fsp3) is 0.490. The van der Waals surface area contributed by atoms with Crippen molar-refractivity contribution in [2.45, 2.75) is 27.7 Å². The Hall–Kier alpha value is -5.93. The van der Waals surface area contributed by atoms with E-state index in [1.165, 1.54) is 0 Å². The van der Waals surface area contributed by atoms with Gasteiger partial charge >= 0.3 is 6.03 Å². The van der Waals surface area contributed by atoms with Gasteiger partial charge in [0.25, 0.3) is 0 Å². The van der Waals surface area contributed by atoms with E-state index in [1.54, 1.807) is 0 Å². The molecule has 8 heterocycles. The van der Waals surface area contributed by atoms with Gasteiger partial charge in [-0.3, -0.25) is 9.80 Å². The molecule has 68 heavy (non-hydrogen) atoms. The molecule has 4 aliphatic rings. The number of ether oxygens (including phenoxy) is 4. The second-order valence-corrected chi connectivity index (χ2v) is 16.4. The third kappa shape index (κ3) is 14.3. The summed E-state index contributed by atoms with van der Waals surface area (Å²) in [6.07, 6.45) is 5.91. The van der Waals surface area contributed by atoms with Gasteiger partial charge in [-0.15, -0.1) is 10.2 Å². The van der Waals surface area contributed by atoms with Crippen molar-refractivity contribution in [2.24, 2.45) is 5.73 Å². The van der Waals surface area contributed by atoms with Gasteiger partial charge in [0.15, 0.2) is 23.3 Å². The number of fused-ring (bicyclic) bond motifs is 2. The maximum atomic E-state index is 12.3. The maximum absolute atomic E-state index is 12.3. The Morgan fingerprint density at radius 3 is 1.46 bits per heavy atom. The number of aromatic nitrogens is 6. The second kappa shape index (κ2) is 26.6. The zero-order valence-electron chi connectivity index (χ0n) is 37.8. The Morgan fingerprint density at radius 2 is 1.00 bits per heavy atom. The highest BCUT2D eigenvalue weighted by atomic mass is 16.5. The topological polar surface area (TPSA) is 203 Å². The van der Waals surface area contributed by atoms with Gasteiger partial charge in [0.1, 0.15) is 11.0 Å². The molecule has 6 aromatic rings. The third-order valence-corrected chi connectivity index (χ3v) is 11.8. The molecule has 2 amide bonds. The minimum Gasteiger partial charge on any atom is -0.399 e. The van der Waals surface area contributed by atoms with Crippen molar-refractivity contribution in [1.82, 2.24) is 44.3 Å². The van der Waals surface area contributed by atoms with Crippen LogP contribution in [0.5, 0.6) is 0 Å². The van der Waals surface area contributed by atoms with E-state index in [0.29, 0.717) is 31.4 Å². The molecule has 4 aromatic heterocycles. The normalized spacial score (nSPS) is 16.7. The number of nitrogens with two attached hydrogens (primary N) is 2. The van der Waals surface area contributed by atoms with E-state index in [0.717, 1.165) is 170 Å². The van der Waals surface area contributed by atoms with E-state index < -0.39 is 0 Å². The van der Waals surface area contributed by atoms with Crippen LogP contribution in [0.2, 0.25) is 0 Å². The average Bonchev–Trinajstić information content (AvgIpc) is 4.07. The van der Waals surface area contributed by atoms with Crippen LogP contribution in [0, 0.1) is 0 Å². The molecule has 0 aliphatic carbocycles. The summed E-state index contributed by atoms with van der Waals surface area (Å²) in [4.78, 5) is 31.2. The highest BCUT2D eigenvalue weighted by Gasteiger charge is 2.20. The second-order valence-electron chi connectivity index (χ2n) is 16.4. The lowest BCUT2D eigenvalue weighted by Crippen LogP contribution is -2.38. The van der Waals surface area contributed by atoms with Crippen LogP contribution in [0.1, 0.15) is 27.7 Å². The maximum Gasteiger partial charge on any atom is 0.319 e. The first-order valence-corrected chi connectivity index (χ1v) is 23.2. The number of anilines is 4. The molecule has 0 saturated carbocycles. The lowest BCUT2D eigenvalue weighted by Gasteiger charge is -2.28. The van der Waals surface area contributed by atoms with Gasteiger partial charge in [-0.25, -0.2) is 23.8 Å². The molecule has 368 valence electrons. The van der Waals surface area contributed by atoms with Crippen LogP contribution in [0.15, 0.2) is 85.2 Å². The summed E-state index contributed by atoms with van der Waals surface area (Å²) in [7, 11) is 0. The number of nitrogens with zero attached hydrogens (tertiary/aromatic N) is 10. The molecule has 4 saturated heterocycles. The lowest BCUT2D eigenvalue weighted by atomic mass is 10.2. The summed E-state index contributed by atoms with van der Waals surface area (Å²) < 4.78 is 25.2. The number of rotatable bonds is 12. The molecule has 19 nitrogen and oxygen atoms in total. The molecule has 10 rings (SSSR count). The fourth-order valence-electron chi connectivity index (χ4n) is 8.08. The Morgan fingerprint density at radius 1 is 0.574 bits per heavy atom. The van der Waals surface area contributed by atoms with E-state index >= 15 is 0 Å².